The van der Waals surface area contributed by atoms with Gasteiger partial charge in [0.25, 0.3) is 0 Å². The molecule has 0 radical (unpaired) electrons. The van der Waals surface area contributed by atoms with Gasteiger partial charge in [0.2, 0.25) is 0 Å². The Hall–Kier alpha value is -1.29. The summed E-state index contributed by atoms with van der Waals surface area (Å²) in [6.07, 6.45) is 1.68. The topological polar surface area (TPSA) is 61.5 Å². The Morgan fingerprint density at radius 3 is 3.18 bits per heavy atom. The van der Waals surface area contributed by atoms with Crippen molar-refractivity contribution in [3.8, 4) is 0 Å². The van der Waals surface area contributed by atoms with Gasteiger partial charge < -0.3 is 4.98 Å². The van der Waals surface area contributed by atoms with Crippen molar-refractivity contribution in [3.05, 3.63) is 27.9 Å². The molecule has 0 aliphatic carbocycles. The molecule has 0 unspecified atom stereocenters. The number of hydrogen-bond donors (Lipinski definition) is 2. The van der Waals surface area contributed by atoms with E-state index in [1.165, 1.54) is 0 Å². The fourth-order valence-electron chi connectivity index (χ4n) is 0.921. The molecule has 0 spiro atoms. The van der Waals surface area contributed by atoms with Gasteiger partial charge in [0.1, 0.15) is 10.8 Å². The lowest BCUT2D eigenvalue weighted by molar-refractivity contribution is 1.11. The Balaban J connectivity index is 3.02. The summed E-state index contributed by atoms with van der Waals surface area (Å²) in [6.45, 7) is 0. The number of nitrogens with zero attached hydrogens (tertiary/aromatic N) is 1. The molecule has 0 aliphatic rings. The van der Waals surface area contributed by atoms with E-state index >= 15 is 0 Å². The van der Waals surface area contributed by atoms with Crippen LogP contribution in [0.15, 0.2) is 17.1 Å². The van der Waals surface area contributed by atoms with Crippen molar-refractivity contribution in [3.63, 3.8) is 0 Å². The van der Waals surface area contributed by atoms with Crippen LogP contribution in [0, 0.1) is 0 Å². The maximum Gasteiger partial charge on any atom is 0.348 e. The third kappa shape index (κ3) is 0.914. The van der Waals surface area contributed by atoms with Crippen molar-refractivity contribution >= 4 is 22.6 Å². The molecule has 2 heterocycles. The average molecular weight is 170 g/mol. The van der Waals surface area contributed by atoms with Gasteiger partial charge in [-0.1, -0.05) is 11.6 Å². The summed E-state index contributed by atoms with van der Waals surface area (Å²) in [5, 5.41) is 1.05. The van der Waals surface area contributed by atoms with E-state index in [0.29, 0.717) is 10.8 Å². The zero-order valence-corrected chi connectivity index (χ0v) is 6.14. The van der Waals surface area contributed by atoms with Crippen LogP contribution in [-0.4, -0.2) is 15.0 Å². The largest absolute Gasteiger partial charge is 0.348 e. The van der Waals surface area contributed by atoms with Crippen LogP contribution in [0.4, 0.5) is 0 Å². The molecule has 2 aromatic heterocycles. The van der Waals surface area contributed by atoms with Crippen LogP contribution in [0.2, 0.25) is 5.15 Å². The number of hydrogen-bond acceptors (Lipinski definition) is 2. The molecule has 0 bridgehead atoms. The summed E-state index contributed by atoms with van der Waals surface area (Å²) >= 11 is 5.69. The molecule has 4 nitrogen and oxygen atoms in total. The third-order valence-corrected chi connectivity index (χ3v) is 1.69. The number of halogens is 1. The van der Waals surface area contributed by atoms with Crippen molar-refractivity contribution in [2.45, 2.75) is 0 Å². The van der Waals surface area contributed by atoms with Gasteiger partial charge in [-0.2, -0.15) is 4.98 Å². The van der Waals surface area contributed by atoms with Crippen LogP contribution < -0.4 is 5.69 Å². The number of aromatic nitrogens is 3. The molecular formula is C6H4ClN3O. The van der Waals surface area contributed by atoms with Gasteiger partial charge in [-0.3, -0.25) is 4.98 Å². The lowest BCUT2D eigenvalue weighted by Gasteiger charge is -1.89. The van der Waals surface area contributed by atoms with E-state index in [1.807, 2.05) is 0 Å². The molecule has 0 saturated heterocycles. The second-order valence-electron chi connectivity index (χ2n) is 2.10. The molecule has 0 aromatic carbocycles. The Morgan fingerprint density at radius 2 is 2.36 bits per heavy atom. The minimum Gasteiger partial charge on any atom is -0.346 e. The summed E-state index contributed by atoms with van der Waals surface area (Å²) in [5.74, 6) is 0. The van der Waals surface area contributed by atoms with Gasteiger partial charge in [-0.25, -0.2) is 4.79 Å². The maximum atomic E-state index is 10.7. The monoisotopic (exact) mass is 169 g/mol. The van der Waals surface area contributed by atoms with Crippen LogP contribution in [0.1, 0.15) is 0 Å². The fourth-order valence-corrected chi connectivity index (χ4v) is 1.15. The Kier molecular flexibility index (Phi) is 1.22. The Labute approximate surface area is 66.2 Å². The van der Waals surface area contributed by atoms with Crippen LogP contribution in [0.3, 0.4) is 0 Å². The SMILES string of the molecule is O=c1nc2[nH]ccc2c(Cl)[nH]1. The van der Waals surface area contributed by atoms with Crippen molar-refractivity contribution in [1.82, 2.24) is 15.0 Å². The molecule has 0 aliphatic heterocycles. The van der Waals surface area contributed by atoms with Crippen LogP contribution in [-0.2, 0) is 0 Å². The number of rotatable bonds is 0. The minimum atomic E-state index is -0.440. The van der Waals surface area contributed by atoms with E-state index in [1.54, 1.807) is 12.3 Å². The van der Waals surface area contributed by atoms with Crippen LogP contribution in [0.5, 0.6) is 0 Å². The molecule has 0 amide bonds. The first-order valence-electron chi connectivity index (χ1n) is 3.00. The average Bonchev–Trinajstić information content (AvgIpc) is 2.34. The predicted molar refractivity (Wildman–Crippen MR) is 41.7 cm³/mol. The second-order valence-corrected chi connectivity index (χ2v) is 2.47. The van der Waals surface area contributed by atoms with Crippen LogP contribution in [0.25, 0.3) is 11.0 Å². The minimum absolute atomic E-state index is 0.321. The molecule has 2 N–H and O–H groups in total. The molecular weight excluding hydrogens is 166 g/mol. The van der Waals surface area contributed by atoms with Gasteiger partial charge in [-0.05, 0) is 6.07 Å². The number of nitrogens with one attached hydrogen (secondary N) is 2. The smallest absolute Gasteiger partial charge is 0.346 e. The van der Waals surface area contributed by atoms with E-state index in [0.717, 1.165) is 5.39 Å². The van der Waals surface area contributed by atoms with Crippen molar-refractivity contribution < 1.29 is 0 Å². The first-order chi connectivity index (χ1) is 5.27. The molecule has 0 fully saturated rings. The van der Waals surface area contributed by atoms with Gasteiger partial charge in [0.15, 0.2) is 0 Å². The number of aromatic amines is 2. The summed E-state index contributed by atoms with van der Waals surface area (Å²) in [6, 6.07) is 1.75. The highest BCUT2D eigenvalue weighted by atomic mass is 35.5. The molecule has 5 heteroatoms. The molecule has 56 valence electrons. The van der Waals surface area contributed by atoms with Crippen LogP contribution >= 0.6 is 11.6 Å². The van der Waals surface area contributed by atoms with Gasteiger partial charge in [0, 0.05) is 6.20 Å². The van der Waals surface area contributed by atoms with E-state index in [-0.39, 0.29) is 0 Å². The number of H-pyrrole nitrogens is 2. The van der Waals surface area contributed by atoms with Gasteiger partial charge in [0.05, 0.1) is 5.39 Å². The summed E-state index contributed by atoms with van der Waals surface area (Å²) < 4.78 is 0. The Bertz CT molecular complexity index is 444. The zero-order valence-electron chi connectivity index (χ0n) is 5.39. The summed E-state index contributed by atoms with van der Waals surface area (Å²) in [4.78, 5) is 19.5. The van der Waals surface area contributed by atoms with Crippen molar-refractivity contribution in [2.75, 3.05) is 0 Å². The molecule has 2 rings (SSSR count). The standard InChI is InChI=1S/C6H4ClN3O/c7-4-3-1-2-8-5(3)10-6(11)9-4/h1-2H,(H2,8,9,10,11). The highest BCUT2D eigenvalue weighted by Gasteiger charge is 2.01. The quantitative estimate of drug-likeness (QED) is 0.576. The first kappa shape index (κ1) is 6.42. The normalized spacial score (nSPS) is 10.6. The summed E-state index contributed by atoms with van der Waals surface area (Å²) in [5.41, 5.74) is 0.0729. The molecule has 2 aromatic rings. The molecule has 0 saturated carbocycles. The van der Waals surface area contributed by atoms with E-state index < -0.39 is 5.69 Å². The second kappa shape index (κ2) is 2.10. The summed E-state index contributed by atoms with van der Waals surface area (Å²) in [7, 11) is 0. The lowest BCUT2D eigenvalue weighted by Crippen LogP contribution is -2.09. The van der Waals surface area contributed by atoms with E-state index in [4.69, 9.17) is 11.6 Å². The molecule has 0 atom stereocenters. The van der Waals surface area contributed by atoms with E-state index in [2.05, 4.69) is 15.0 Å². The van der Waals surface area contributed by atoms with E-state index in [9.17, 15) is 4.79 Å². The van der Waals surface area contributed by atoms with Crippen molar-refractivity contribution in [2.24, 2.45) is 0 Å². The zero-order chi connectivity index (χ0) is 7.84. The predicted octanol–water partition coefficient (Wildman–Crippen LogP) is 0.905. The van der Waals surface area contributed by atoms with Gasteiger partial charge >= 0.3 is 5.69 Å². The first-order valence-corrected chi connectivity index (χ1v) is 3.38. The highest BCUT2D eigenvalue weighted by Crippen LogP contribution is 2.15. The molecule has 11 heavy (non-hydrogen) atoms. The fraction of sp³-hybridized carbons (Fsp3) is 0. The third-order valence-electron chi connectivity index (χ3n) is 1.39. The van der Waals surface area contributed by atoms with Gasteiger partial charge in [-0.15, -0.1) is 0 Å². The Morgan fingerprint density at radius 1 is 1.55 bits per heavy atom. The highest BCUT2D eigenvalue weighted by molar-refractivity contribution is 6.33. The lowest BCUT2D eigenvalue weighted by atomic mass is 10.4. The maximum absolute atomic E-state index is 10.7. The number of fused-ring (bicyclic) bond motifs is 1. The van der Waals surface area contributed by atoms with Crippen molar-refractivity contribution in [1.29, 1.82) is 0 Å².